The quantitative estimate of drug-likeness (QED) is 0.770. The Morgan fingerprint density at radius 1 is 1.23 bits per heavy atom. The Hall–Kier alpha value is -2.04. The molecule has 26 heavy (non-hydrogen) atoms. The van der Waals surface area contributed by atoms with Gasteiger partial charge in [0.2, 0.25) is 17.8 Å². The van der Waals surface area contributed by atoms with E-state index < -0.39 is 0 Å². The first kappa shape index (κ1) is 17.4. The number of likely N-dealkylation sites (N-methyl/N-ethyl adjacent to an activating group) is 1. The van der Waals surface area contributed by atoms with Gasteiger partial charge in [-0.3, -0.25) is 4.79 Å². The van der Waals surface area contributed by atoms with E-state index in [9.17, 15) is 4.79 Å². The summed E-state index contributed by atoms with van der Waals surface area (Å²) in [6.45, 7) is 4.19. The molecule has 2 aromatic rings. The maximum absolute atomic E-state index is 12.2. The summed E-state index contributed by atoms with van der Waals surface area (Å²) in [6, 6.07) is 5.35. The SMILES string of the molecule is CN1CCN(c2nnc(SCC(=O)Nc3ccc4c(c3)OCO4)s2)CC1. The second-order valence-corrected chi connectivity index (χ2v) is 8.22. The fraction of sp³-hybridized carbons (Fsp3) is 0.438. The van der Waals surface area contributed by atoms with E-state index in [1.165, 1.54) is 23.1 Å². The van der Waals surface area contributed by atoms with Crippen molar-refractivity contribution in [3.05, 3.63) is 18.2 Å². The number of amides is 1. The lowest BCUT2D eigenvalue weighted by atomic mass is 10.3. The molecule has 0 aliphatic carbocycles. The molecule has 2 aliphatic heterocycles. The number of carbonyl (C=O) groups excluding carboxylic acids is 1. The highest BCUT2D eigenvalue weighted by atomic mass is 32.2. The van der Waals surface area contributed by atoms with Gasteiger partial charge in [-0.05, 0) is 19.2 Å². The van der Waals surface area contributed by atoms with Gasteiger partial charge >= 0.3 is 0 Å². The van der Waals surface area contributed by atoms with Gasteiger partial charge < -0.3 is 24.6 Å². The number of aromatic nitrogens is 2. The number of nitrogens with zero attached hydrogens (tertiary/aromatic N) is 4. The van der Waals surface area contributed by atoms with Gasteiger partial charge in [-0.25, -0.2) is 0 Å². The maximum atomic E-state index is 12.2. The van der Waals surface area contributed by atoms with Crippen LogP contribution in [-0.4, -0.2) is 66.8 Å². The number of nitrogens with one attached hydrogen (secondary N) is 1. The Labute approximate surface area is 159 Å². The Morgan fingerprint density at radius 2 is 2.04 bits per heavy atom. The van der Waals surface area contributed by atoms with Crippen LogP contribution in [0.2, 0.25) is 0 Å². The van der Waals surface area contributed by atoms with Crippen molar-refractivity contribution in [2.75, 3.05) is 56.0 Å². The first-order chi connectivity index (χ1) is 12.7. The highest BCUT2D eigenvalue weighted by molar-refractivity contribution is 8.01. The number of anilines is 2. The summed E-state index contributed by atoms with van der Waals surface area (Å²) in [5.74, 6) is 1.54. The van der Waals surface area contributed by atoms with Gasteiger partial charge in [0.25, 0.3) is 0 Å². The molecule has 3 heterocycles. The van der Waals surface area contributed by atoms with Gasteiger partial charge in [0, 0.05) is 37.9 Å². The second-order valence-electron chi connectivity index (χ2n) is 6.05. The molecule has 0 bridgehead atoms. The largest absolute Gasteiger partial charge is 0.454 e. The molecular weight excluding hydrogens is 374 g/mol. The molecule has 0 saturated carbocycles. The molecule has 0 atom stereocenters. The molecule has 2 aliphatic rings. The minimum Gasteiger partial charge on any atom is -0.454 e. The zero-order valence-corrected chi connectivity index (χ0v) is 15.9. The summed E-state index contributed by atoms with van der Waals surface area (Å²) < 4.78 is 11.4. The highest BCUT2D eigenvalue weighted by Gasteiger charge is 2.19. The van der Waals surface area contributed by atoms with Crippen LogP contribution in [0.1, 0.15) is 0 Å². The molecule has 0 unspecified atom stereocenters. The summed E-state index contributed by atoms with van der Waals surface area (Å²) in [6.07, 6.45) is 0. The molecule has 10 heteroatoms. The predicted octanol–water partition coefficient (Wildman–Crippen LogP) is 1.75. The molecule has 0 radical (unpaired) electrons. The van der Waals surface area contributed by atoms with E-state index >= 15 is 0 Å². The van der Waals surface area contributed by atoms with Gasteiger partial charge in [0.15, 0.2) is 15.8 Å². The third-order valence-corrected chi connectivity index (χ3v) is 6.27. The number of carbonyl (C=O) groups is 1. The highest BCUT2D eigenvalue weighted by Crippen LogP contribution is 2.34. The zero-order valence-electron chi connectivity index (χ0n) is 14.3. The smallest absolute Gasteiger partial charge is 0.234 e. The molecule has 4 rings (SSSR count). The van der Waals surface area contributed by atoms with Crippen molar-refractivity contribution in [1.29, 1.82) is 0 Å². The predicted molar refractivity (Wildman–Crippen MR) is 102 cm³/mol. The Kier molecular flexibility index (Phi) is 5.14. The van der Waals surface area contributed by atoms with Crippen LogP contribution in [0.3, 0.4) is 0 Å². The summed E-state index contributed by atoms with van der Waals surface area (Å²) >= 11 is 2.94. The van der Waals surface area contributed by atoms with Gasteiger partial charge in [-0.15, -0.1) is 10.2 Å². The van der Waals surface area contributed by atoms with Crippen LogP contribution in [0.5, 0.6) is 11.5 Å². The van der Waals surface area contributed by atoms with E-state index in [-0.39, 0.29) is 18.5 Å². The minimum atomic E-state index is -0.0924. The number of hydrogen-bond acceptors (Lipinski definition) is 9. The van der Waals surface area contributed by atoms with E-state index in [0.29, 0.717) is 17.2 Å². The van der Waals surface area contributed by atoms with Crippen LogP contribution < -0.4 is 19.7 Å². The normalized spacial score (nSPS) is 16.7. The van der Waals surface area contributed by atoms with Crippen molar-refractivity contribution in [2.24, 2.45) is 0 Å². The lowest BCUT2D eigenvalue weighted by molar-refractivity contribution is -0.113. The van der Waals surface area contributed by atoms with E-state index in [2.05, 4.69) is 32.4 Å². The van der Waals surface area contributed by atoms with Gasteiger partial charge in [0.05, 0.1) is 5.75 Å². The van der Waals surface area contributed by atoms with Crippen molar-refractivity contribution in [2.45, 2.75) is 4.34 Å². The first-order valence-corrected chi connectivity index (χ1v) is 10.1. The molecule has 1 aromatic carbocycles. The lowest BCUT2D eigenvalue weighted by Gasteiger charge is -2.31. The molecule has 1 N–H and O–H groups in total. The average Bonchev–Trinajstić information content (AvgIpc) is 3.29. The fourth-order valence-electron chi connectivity index (χ4n) is 2.69. The Balaban J connectivity index is 1.28. The second kappa shape index (κ2) is 7.68. The van der Waals surface area contributed by atoms with Crippen molar-refractivity contribution in [3.8, 4) is 11.5 Å². The lowest BCUT2D eigenvalue weighted by Crippen LogP contribution is -2.44. The average molecular weight is 393 g/mol. The summed E-state index contributed by atoms with van der Waals surface area (Å²) in [5, 5.41) is 12.2. The van der Waals surface area contributed by atoms with E-state index in [4.69, 9.17) is 9.47 Å². The number of ether oxygens (including phenoxy) is 2. The van der Waals surface area contributed by atoms with Crippen LogP contribution >= 0.6 is 23.1 Å². The van der Waals surface area contributed by atoms with E-state index in [1.54, 1.807) is 18.2 Å². The van der Waals surface area contributed by atoms with Gasteiger partial charge in [0.1, 0.15) is 0 Å². The van der Waals surface area contributed by atoms with E-state index in [0.717, 1.165) is 35.7 Å². The van der Waals surface area contributed by atoms with Crippen LogP contribution in [-0.2, 0) is 4.79 Å². The number of piperazine rings is 1. The number of hydrogen-bond donors (Lipinski definition) is 1. The number of rotatable bonds is 5. The van der Waals surface area contributed by atoms with E-state index in [1.807, 2.05) is 0 Å². The summed E-state index contributed by atoms with van der Waals surface area (Å²) in [4.78, 5) is 16.7. The third-order valence-electron chi connectivity index (χ3n) is 4.15. The topological polar surface area (TPSA) is 79.8 Å². The molecule has 1 aromatic heterocycles. The maximum Gasteiger partial charge on any atom is 0.234 e. The number of thioether (sulfide) groups is 1. The Morgan fingerprint density at radius 3 is 2.88 bits per heavy atom. The number of fused-ring (bicyclic) bond motifs is 1. The molecule has 1 saturated heterocycles. The number of benzene rings is 1. The third kappa shape index (κ3) is 4.02. The monoisotopic (exact) mass is 393 g/mol. The van der Waals surface area contributed by atoms with Crippen LogP contribution in [0.15, 0.2) is 22.5 Å². The van der Waals surface area contributed by atoms with Crippen molar-refractivity contribution >= 4 is 39.8 Å². The standard InChI is InChI=1S/C16H19N5O3S2/c1-20-4-6-21(7-5-20)15-18-19-16(26-15)25-9-14(22)17-11-2-3-12-13(8-11)24-10-23-12/h2-3,8H,4-7,9-10H2,1H3,(H,17,22). The molecule has 138 valence electrons. The van der Waals surface area contributed by atoms with Crippen LogP contribution in [0.25, 0.3) is 0 Å². The van der Waals surface area contributed by atoms with Crippen molar-refractivity contribution < 1.29 is 14.3 Å². The minimum absolute atomic E-state index is 0.0924. The molecule has 1 amide bonds. The first-order valence-electron chi connectivity index (χ1n) is 8.27. The van der Waals surface area contributed by atoms with Gasteiger partial charge in [-0.2, -0.15) is 0 Å². The molecule has 0 spiro atoms. The summed E-state index contributed by atoms with van der Waals surface area (Å²) in [5.41, 5.74) is 0.690. The summed E-state index contributed by atoms with van der Waals surface area (Å²) in [7, 11) is 2.12. The van der Waals surface area contributed by atoms with Gasteiger partial charge in [-0.1, -0.05) is 23.1 Å². The van der Waals surface area contributed by atoms with Crippen LogP contribution in [0.4, 0.5) is 10.8 Å². The zero-order chi connectivity index (χ0) is 17.9. The fourth-order valence-corrected chi connectivity index (χ4v) is 4.38. The molecule has 8 nitrogen and oxygen atoms in total. The van der Waals surface area contributed by atoms with Crippen molar-refractivity contribution in [1.82, 2.24) is 15.1 Å². The molecular formula is C16H19N5O3S2. The van der Waals surface area contributed by atoms with Crippen LogP contribution in [0, 0.1) is 0 Å². The molecule has 1 fully saturated rings. The van der Waals surface area contributed by atoms with Crippen molar-refractivity contribution in [3.63, 3.8) is 0 Å². The Bertz CT molecular complexity index is 792.